The van der Waals surface area contributed by atoms with E-state index in [0.717, 1.165) is 13.2 Å². The van der Waals surface area contributed by atoms with Crippen molar-refractivity contribution in [3.05, 3.63) is 0 Å². The van der Waals surface area contributed by atoms with Crippen LogP contribution in [-0.4, -0.2) is 41.1 Å². The Morgan fingerprint density at radius 3 is 3.08 bits per heavy atom. The zero-order valence-corrected chi connectivity index (χ0v) is 8.82. The molecule has 3 nitrogen and oxygen atoms in total. The molecular formula is C9H16N2OS. The first kappa shape index (κ1) is 9.34. The lowest BCUT2D eigenvalue weighted by Gasteiger charge is -2.28. The highest BCUT2D eigenvalue weighted by Crippen LogP contribution is 2.38. The van der Waals surface area contributed by atoms with E-state index in [1.54, 1.807) is 0 Å². The highest BCUT2D eigenvalue weighted by atomic mass is 32.2. The number of carbonyl (C=O) groups excluding carboxylic acids is 1. The fourth-order valence-corrected chi connectivity index (χ4v) is 3.32. The summed E-state index contributed by atoms with van der Waals surface area (Å²) in [6.45, 7) is 4.47. The summed E-state index contributed by atoms with van der Waals surface area (Å²) in [6.07, 6.45) is 2.55. The molecule has 0 aromatic rings. The minimum atomic E-state index is 0.258. The SMILES string of the molecule is CC1(CN2CNCC2=O)CCCS1. The topological polar surface area (TPSA) is 32.3 Å². The first-order chi connectivity index (χ1) is 6.20. The molecule has 0 saturated carbocycles. The van der Waals surface area contributed by atoms with Gasteiger partial charge in [0.25, 0.3) is 0 Å². The van der Waals surface area contributed by atoms with Gasteiger partial charge in [-0.3, -0.25) is 10.1 Å². The van der Waals surface area contributed by atoms with E-state index in [0.29, 0.717) is 11.3 Å². The van der Waals surface area contributed by atoms with Gasteiger partial charge in [-0.2, -0.15) is 11.8 Å². The lowest BCUT2D eigenvalue weighted by Crippen LogP contribution is -2.38. The van der Waals surface area contributed by atoms with Crippen molar-refractivity contribution in [2.24, 2.45) is 0 Å². The summed E-state index contributed by atoms with van der Waals surface area (Å²) in [5.41, 5.74) is 0. The summed E-state index contributed by atoms with van der Waals surface area (Å²) in [7, 11) is 0. The largest absolute Gasteiger partial charge is 0.327 e. The first-order valence-electron chi connectivity index (χ1n) is 4.82. The molecule has 2 saturated heterocycles. The minimum absolute atomic E-state index is 0.258. The lowest BCUT2D eigenvalue weighted by molar-refractivity contribution is -0.126. The molecule has 0 aromatic heterocycles. The van der Waals surface area contributed by atoms with Crippen molar-refractivity contribution in [1.82, 2.24) is 10.2 Å². The summed E-state index contributed by atoms with van der Waals surface area (Å²) < 4.78 is 0.321. The molecule has 2 fully saturated rings. The molecule has 1 unspecified atom stereocenters. The lowest BCUT2D eigenvalue weighted by atomic mass is 10.1. The zero-order chi connectivity index (χ0) is 9.31. The highest BCUT2D eigenvalue weighted by molar-refractivity contribution is 8.00. The van der Waals surface area contributed by atoms with Gasteiger partial charge in [0.05, 0.1) is 13.2 Å². The molecule has 0 aliphatic carbocycles. The Kier molecular flexibility index (Phi) is 2.51. The van der Waals surface area contributed by atoms with Crippen LogP contribution >= 0.6 is 11.8 Å². The van der Waals surface area contributed by atoms with Gasteiger partial charge in [-0.05, 0) is 25.5 Å². The Balaban J connectivity index is 1.92. The van der Waals surface area contributed by atoms with Gasteiger partial charge in [0.15, 0.2) is 0 Å². The van der Waals surface area contributed by atoms with Crippen LogP contribution in [0.25, 0.3) is 0 Å². The molecule has 2 aliphatic heterocycles. The summed E-state index contributed by atoms with van der Waals surface area (Å²) >= 11 is 2.01. The van der Waals surface area contributed by atoms with E-state index in [-0.39, 0.29) is 5.91 Å². The van der Waals surface area contributed by atoms with Gasteiger partial charge in [0.1, 0.15) is 0 Å². The summed E-state index contributed by atoms with van der Waals surface area (Å²) in [4.78, 5) is 13.3. The number of amides is 1. The van der Waals surface area contributed by atoms with Crippen LogP contribution in [0.5, 0.6) is 0 Å². The van der Waals surface area contributed by atoms with E-state index in [4.69, 9.17) is 0 Å². The van der Waals surface area contributed by atoms with E-state index >= 15 is 0 Å². The standard InChI is InChI=1S/C9H16N2OS/c1-9(3-2-4-13-9)6-11-7-10-5-8(11)12/h10H,2-7H2,1H3. The molecular weight excluding hydrogens is 184 g/mol. The zero-order valence-electron chi connectivity index (χ0n) is 8.01. The van der Waals surface area contributed by atoms with Gasteiger partial charge >= 0.3 is 0 Å². The summed E-state index contributed by atoms with van der Waals surface area (Å²) in [6, 6.07) is 0. The number of nitrogens with zero attached hydrogens (tertiary/aromatic N) is 1. The Morgan fingerprint density at radius 2 is 2.54 bits per heavy atom. The van der Waals surface area contributed by atoms with E-state index in [1.807, 2.05) is 16.7 Å². The van der Waals surface area contributed by atoms with Crippen LogP contribution in [0.15, 0.2) is 0 Å². The molecule has 1 atom stereocenters. The second-order valence-electron chi connectivity index (χ2n) is 4.08. The van der Waals surface area contributed by atoms with Crippen LogP contribution in [0.2, 0.25) is 0 Å². The Morgan fingerprint density at radius 1 is 1.69 bits per heavy atom. The van der Waals surface area contributed by atoms with Crippen molar-refractivity contribution >= 4 is 17.7 Å². The van der Waals surface area contributed by atoms with Gasteiger partial charge in [-0.1, -0.05) is 0 Å². The van der Waals surface area contributed by atoms with Crippen molar-refractivity contribution in [2.75, 3.05) is 25.5 Å². The number of hydrogen-bond donors (Lipinski definition) is 1. The normalized spacial score (nSPS) is 34.5. The third-order valence-corrected chi connectivity index (χ3v) is 4.28. The maximum atomic E-state index is 11.4. The van der Waals surface area contributed by atoms with Crippen molar-refractivity contribution in [1.29, 1.82) is 0 Å². The average molecular weight is 200 g/mol. The maximum absolute atomic E-state index is 11.4. The fraction of sp³-hybridized carbons (Fsp3) is 0.889. The second-order valence-corrected chi connectivity index (χ2v) is 5.76. The van der Waals surface area contributed by atoms with E-state index in [9.17, 15) is 4.79 Å². The monoisotopic (exact) mass is 200 g/mol. The quantitative estimate of drug-likeness (QED) is 0.711. The average Bonchev–Trinajstić information content (AvgIpc) is 2.64. The second kappa shape index (κ2) is 3.50. The fourth-order valence-electron chi connectivity index (χ4n) is 2.01. The van der Waals surface area contributed by atoms with Gasteiger partial charge in [0, 0.05) is 11.3 Å². The summed E-state index contributed by atoms with van der Waals surface area (Å²) in [5, 5.41) is 3.08. The molecule has 13 heavy (non-hydrogen) atoms. The molecule has 2 aliphatic rings. The van der Waals surface area contributed by atoms with E-state index < -0.39 is 0 Å². The van der Waals surface area contributed by atoms with Gasteiger partial charge in [0.2, 0.25) is 5.91 Å². The molecule has 0 aromatic carbocycles. The Labute approximate surface area is 83.2 Å². The predicted octanol–water partition coefficient (Wildman–Crippen LogP) is 0.661. The van der Waals surface area contributed by atoms with Crippen LogP contribution < -0.4 is 5.32 Å². The number of rotatable bonds is 2. The van der Waals surface area contributed by atoms with Crippen LogP contribution in [0.4, 0.5) is 0 Å². The van der Waals surface area contributed by atoms with Gasteiger partial charge in [-0.25, -0.2) is 0 Å². The predicted molar refractivity (Wildman–Crippen MR) is 54.7 cm³/mol. The van der Waals surface area contributed by atoms with Crippen LogP contribution in [0, 0.1) is 0 Å². The molecule has 74 valence electrons. The van der Waals surface area contributed by atoms with Crippen molar-refractivity contribution in [3.63, 3.8) is 0 Å². The first-order valence-corrected chi connectivity index (χ1v) is 5.81. The summed E-state index contributed by atoms with van der Waals surface area (Å²) in [5.74, 6) is 1.51. The van der Waals surface area contributed by atoms with E-state index in [1.165, 1.54) is 18.6 Å². The van der Waals surface area contributed by atoms with Gasteiger partial charge < -0.3 is 4.90 Å². The van der Waals surface area contributed by atoms with Gasteiger partial charge in [-0.15, -0.1) is 0 Å². The number of nitrogens with one attached hydrogen (secondary N) is 1. The van der Waals surface area contributed by atoms with Crippen molar-refractivity contribution in [2.45, 2.75) is 24.5 Å². The van der Waals surface area contributed by atoms with E-state index in [2.05, 4.69) is 12.2 Å². The van der Waals surface area contributed by atoms with Crippen molar-refractivity contribution < 1.29 is 4.79 Å². The van der Waals surface area contributed by atoms with Crippen LogP contribution in [0.1, 0.15) is 19.8 Å². The van der Waals surface area contributed by atoms with Crippen LogP contribution in [-0.2, 0) is 4.79 Å². The third kappa shape index (κ3) is 1.99. The highest BCUT2D eigenvalue weighted by Gasteiger charge is 2.34. The molecule has 2 rings (SSSR count). The molecule has 4 heteroatoms. The molecule has 2 heterocycles. The number of thioether (sulfide) groups is 1. The Hall–Kier alpha value is -0.220. The number of carbonyl (C=O) groups is 1. The molecule has 0 radical (unpaired) electrons. The van der Waals surface area contributed by atoms with Crippen molar-refractivity contribution in [3.8, 4) is 0 Å². The number of hydrogen-bond acceptors (Lipinski definition) is 3. The molecule has 0 spiro atoms. The molecule has 1 N–H and O–H groups in total. The Bertz CT molecular complexity index is 214. The maximum Gasteiger partial charge on any atom is 0.237 e. The third-order valence-electron chi connectivity index (χ3n) is 2.76. The molecule has 1 amide bonds. The molecule has 0 bridgehead atoms. The smallest absolute Gasteiger partial charge is 0.237 e. The van der Waals surface area contributed by atoms with Crippen LogP contribution in [0.3, 0.4) is 0 Å². The minimum Gasteiger partial charge on any atom is -0.327 e.